The Morgan fingerprint density at radius 1 is 1.48 bits per heavy atom. The van der Waals surface area contributed by atoms with Crippen molar-refractivity contribution < 1.29 is 4.79 Å². The second-order valence-electron chi connectivity index (χ2n) is 4.18. The van der Waals surface area contributed by atoms with Crippen LogP contribution in [0.1, 0.15) is 12.5 Å². The van der Waals surface area contributed by atoms with Crippen molar-refractivity contribution >= 4 is 23.4 Å². The topological polar surface area (TPSA) is 98.6 Å². The van der Waals surface area contributed by atoms with Crippen LogP contribution in [0.5, 0.6) is 0 Å². The quantitative estimate of drug-likeness (QED) is 0.662. The van der Waals surface area contributed by atoms with Gasteiger partial charge in [0.25, 0.3) is 5.56 Å². The minimum atomic E-state index is -0.443. The third kappa shape index (κ3) is 4.19. The molecule has 106 valence electrons. The van der Waals surface area contributed by atoms with E-state index in [1.54, 1.807) is 31.2 Å². The molecule has 1 amide bonds. The van der Waals surface area contributed by atoms with Gasteiger partial charge in [0.15, 0.2) is 5.16 Å². The summed E-state index contributed by atoms with van der Waals surface area (Å²) in [7, 11) is 0. The minimum absolute atomic E-state index is 0.235. The number of anilines is 1. The average molecular weight is 300 g/mol. The fourth-order valence-corrected chi connectivity index (χ4v) is 2.33. The van der Waals surface area contributed by atoms with E-state index >= 15 is 0 Å². The monoisotopic (exact) mass is 300 g/mol. The maximum atomic E-state index is 12.1. The lowest BCUT2D eigenvalue weighted by molar-refractivity contribution is -0.115. The van der Waals surface area contributed by atoms with Crippen molar-refractivity contribution in [3.8, 4) is 6.07 Å². The molecule has 1 aromatic heterocycles. The van der Waals surface area contributed by atoms with Crippen LogP contribution in [-0.2, 0) is 4.79 Å². The van der Waals surface area contributed by atoms with E-state index in [0.29, 0.717) is 16.4 Å². The molecule has 1 atom stereocenters. The van der Waals surface area contributed by atoms with Gasteiger partial charge < -0.3 is 10.3 Å². The summed E-state index contributed by atoms with van der Waals surface area (Å²) in [5, 5.41) is 11.5. The number of nitrogens with one attached hydrogen (secondary N) is 2. The highest BCUT2D eigenvalue weighted by atomic mass is 32.2. The van der Waals surface area contributed by atoms with E-state index in [1.807, 2.05) is 6.07 Å². The fourth-order valence-electron chi connectivity index (χ4n) is 1.54. The Morgan fingerprint density at radius 2 is 2.29 bits per heavy atom. The zero-order valence-corrected chi connectivity index (χ0v) is 12.0. The first-order valence-electron chi connectivity index (χ1n) is 6.11. The first kappa shape index (κ1) is 14.8. The number of thioether (sulfide) groups is 1. The molecule has 0 aliphatic heterocycles. The highest BCUT2D eigenvalue weighted by molar-refractivity contribution is 8.00. The number of benzene rings is 1. The van der Waals surface area contributed by atoms with Crippen LogP contribution in [0.3, 0.4) is 0 Å². The number of H-pyrrole nitrogens is 1. The van der Waals surface area contributed by atoms with Crippen LogP contribution < -0.4 is 10.9 Å². The molecule has 2 N–H and O–H groups in total. The largest absolute Gasteiger partial charge is 0.325 e. The number of rotatable bonds is 4. The Morgan fingerprint density at radius 3 is 3.00 bits per heavy atom. The lowest BCUT2D eigenvalue weighted by atomic mass is 10.2. The normalized spacial score (nSPS) is 11.4. The highest BCUT2D eigenvalue weighted by Gasteiger charge is 2.15. The molecule has 2 rings (SSSR count). The lowest BCUT2D eigenvalue weighted by Crippen LogP contribution is -2.23. The van der Waals surface area contributed by atoms with Gasteiger partial charge in [-0.3, -0.25) is 9.59 Å². The van der Waals surface area contributed by atoms with Crippen molar-refractivity contribution in [2.75, 3.05) is 5.32 Å². The van der Waals surface area contributed by atoms with E-state index in [2.05, 4.69) is 15.3 Å². The standard InChI is InChI=1S/C14H12N4O2S/c1-9(21-14-16-6-5-12(19)18-14)13(20)17-11-4-2-3-10(7-11)8-15/h2-7,9H,1H3,(H,17,20)(H,16,18,19)/t9-/m0/s1. The van der Waals surface area contributed by atoms with E-state index in [9.17, 15) is 9.59 Å². The molecular formula is C14H12N4O2S. The zero-order chi connectivity index (χ0) is 15.2. The number of hydrogen-bond acceptors (Lipinski definition) is 5. The maximum absolute atomic E-state index is 12.1. The smallest absolute Gasteiger partial charge is 0.251 e. The van der Waals surface area contributed by atoms with Crippen LogP contribution in [0.4, 0.5) is 5.69 Å². The zero-order valence-electron chi connectivity index (χ0n) is 11.2. The predicted octanol–water partition coefficient (Wildman–Crippen LogP) is 1.76. The van der Waals surface area contributed by atoms with Crippen molar-refractivity contribution in [1.82, 2.24) is 9.97 Å². The second-order valence-corrected chi connectivity index (χ2v) is 5.51. The number of aromatic amines is 1. The van der Waals surface area contributed by atoms with E-state index in [0.717, 1.165) is 11.8 Å². The van der Waals surface area contributed by atoms with Gasteiger partial charge in [0.1, 0.15) is 0 Å². The molecule has 1 aromatic carbocycles. The summed E-state index contributed by atoms with van der Waals surface area (Å²) < 4.78 is 0. The predicted molar refractivity (Wildman–Crippen MR) is 80.0 cm³/mol. The Kier molecular flexibility index (Phi) is 4.74. The summed E-state index contributed by atoms with van der Waals surface area (Å²) >= 11 is 1.15. The first-order chi connectivity index (χ1) is 10.1. The van der Waals surface area contributed by atoms with Gasteiger partial charge in [0, 0.05) is 18.0 Å². The van der Waals surface area contributed by atoms with Gasteiger partial charge in [-0.05, 0) is 25.1 Å². The van der Waals surface area contributed by atoms with Crippen molar-refractivity contribution in [1.29, 1.82) is 5.26 Å². The van der Waals surface area contributed by atoms with E-state index in [1.165, 1.54) is 12.3 Å². The number of carbonyl (C=O) groups is 1. The minimum Gasteiger partial charge on any atom is -0.325 e. The molecule has 21 heavy (non-hydrogen) atoms. The molecule has 0 saturated heterocycles. The summed E-state index contributed by atoms with van der Waals surface area (Å²) in [4.78, 5) is 29.8. The molecule has 7 heteroatoms. The molecule has 0 fully saturated rings. The third-order valence-corrected chi connectivity index (χ3v) is 3.56. The summed E-state index contributed by atoms with van der Waals surface area (Å²) in [6.07, 6.45) is 1.39. The van der Waals surface area contributed by atoms with Crippen molar-refractivity contribution in [3.63, 3.8) is 0 Å². The molecule has 2 aromatic rings. The number of carbonyl (C=O) groups excluding carboxylic acids is 1. The van der Waals surface area contributed by atoms with Crippen LogP contribution in [0, 0.1) is 11.3 Å². The molecule has 0 bridgehead atoms. The van der Waals surface area contributed by atoms with Crippen LogP contribution in [0.2, 0.25) is 0 Å². The summed E-state index contributed by atoms with van der Waals surface area (Å²) in [6, 6.07) is 9.98. The molecule has 0 aliphatic rings. The maximum Gasteiger partial charge on any atom is 0.251 e. The number of nitrogens with zero attached hydrogens (tertiary/aromatic N) is 2. The van der Waals surface area contributed by atoms with E-state index < -0.39 is 5.25 Å². The Bertz CT molecular complexity index is 751. The van der Waals surface area contributed by atoms with Gasteiger partial charge in [0.2, 0.25) is 5.91 Å². The Balaban J connectivity index is 2.02. The SMILES string of the molecule is C[C@H](Sc1nccc(=O)[nH]1)C(=O)Nc1cccc(C#N)c1. The fraction of sp³-hybridized carbons (Fsp3) is 0.143. The molecule has 0 unspecified atom stereocenters. The molecule has 0 aliphatic carbocycles. The molecular weight excluding hydrogens is 288 g/mol. The summed E-state index contributed by atoms with van der Waals surface area (Å²) in [5.41, 5.74) is 0.769. The van der Waals surface area contributed by atoms with Gasteiger partial charge >= 0.3 is 0 Å². The number of hydrogen-bond donors (Lipinski definition) is 2. The van der Waals surface area contributed by atoms with Gasteiger partial charge in [-0.2, -0.15) is 5.26 Å². The summed E-state index contributed by atoms with van der Waals surface area (Å²) in [5.74, 6) is -0.235. The molecule has 0 radical (unpaired) electrons. The van der Waals surface area contributed by atoms with Gasteiger partial charge in [-0.1, -0.05) is 17.8 Å². The lowest BCUT2D eigenvalue weighted by Gasteiger charge is -2.11. The Labute approximate surface area is 125 Å². The van der Waals surface area contributed by atoms with Crippen molar-refractivity contribution in [2.45, 2.75) is 17.3 Å². The van der Waals surface area contributed by atoms with Gasteiger partial charge in [0.05, 0.1) is 16.9 Å². The summed E-state index contributed by atoms with van der Waals surface area (Å²) in [6.45, 7) is 1.71. The Hall–Kier alpha value is -2.59. The number of amides is 1. The van der Waals surface area contributed by atoms with E-state index in [-0.39, 0.29) is 11.5 Å². The number of nitriles is 1. The number of aromatic nitrogens is 2. The molecule has 6 nitrogen and oxygen atoms in total. The molecule has 0 saturated carbocycles. The van der Waals surface area contributed by atoms with Crippen LogP contribution in [-0.4, -0.2) is 21.1 Å². The van der Waals surface area contributed by atoms with Crippen molar-refractivity contribution in [2.24, 2.45) is 0 Å². The van der Waals surface area contributed by atoms with Crippen LogP contribution in [0.25, 0.3) is 0 Å². The highest BCUT2D eigenvalue weighted by Crippen LogP contribution is 2.19. The molecule has 1 heterocycles. The van der Waals surface area contributed by atoms with Crippen LogP contribution >= 0.6 is 11.8 Å². The average Bonchev–Trinajstić information content (AvgIpc) is 2.47. The van der Waals surface area contributed by atoms with Crippen molar-refractivity contribution in [3.05, 3.63) is 52.4 Å². The van der Waals surface area contributed by atoms with Gasteiger partial charge in [-0.15, -0.1) is 0 Å². The third-order valence-electron chi connectivity index (χ3n) is 2.56. The van der Waals surface area contributed by atoms with Crippen LogP contribution in [0.15, 0.2) is 46.5 Å². The second kappa shape index (κ2) is 6.72. The molecule has 0 spiro atoms. The van der Waals surface area contributed by atoms with Gasteiger partial charge in [-0.25, -0.2) is 4.98 Å². The first-order valence-corrected chi connectivity index (χ1v) is 6.99. The van der Waals surface area contributed by atoms with E-state index in [4.69, 9.17) is 5.26 Å².